The minimum Gasteiger partial charge on any atom is -0.336 e. The fraction of sp³-hybridized carbons (Fsp3) is 0.381. The zero-order chi connectivity index (χ0) is 20.5. The summed E-state index contributed by atoms with van der Waals surface area (Å²) in [6, 6.07) is 9.18. The van der Waals surface area contributed by atoms with Gasteiger partial charge in [0.2, 0.25) is 0 Å². The first-order valence-electron chi connectivity index (χ1n) is 9.75. The van der Waals surface area contributed by atoms with Gasteiger partial charge < -0.3 is 15.1 Å². The van der Waals surface area contributed by atoms with Gasteiger partial charge in [0.25, 0.3) is 11.8 Å². The summed E-state index contributed by atoms with van der Waals surface area (Å²) >= 11 is 1.50. The number of amides is 4. The van der Waals surface area contributed by atoms with Crippen LogP contribution in [0.1, 0.15) is 30.5 Å². The monoisotopic (exact) mass is 412 g/mol. The highest BCUT2D eigenvalue weighted by Gasteiger charge is 2.27. The second-order valence-corrected chi connectivity index (χ2v) is 8.67. The zero-order valence-corrected chi connectivity index (χ0v) is 17.4. The fourth-order valence-corrected chi connectivity index (χ4v) is 4.63. The molecule has 0 radical (unpaired) electrons. The first-order chi connectivity index (χ1) is 13.9. The molecule has 0 bridgehead atoms. The number of anilines is 1. The molecule has 0 unspecified atom stereocenters. The molecule has 0 spiro atoms. The summed E-state index contributed by atoms with van der Waals surface area (Å²) in [5.41, 5.74) is 2.34. The summed E-state index contributed by atoms with van der Waals surface area (Å²) in [7, 11) is 0. The minimum atomic E-state index is -0.103. The third-order valence-corrected chi connectivity index (χ3v) is 6.39. The number of carbonyl (C=O) groups excluding carboxylic acids is 3. The zero-order valence-electron chi connectivity index (χ0n) is 16.6. The van der Waals surface area contributed by atoms with E-state index in [0.29, 0.717) is 44.8 Å². The number of hydrogen-bond donors (Lipinski definition) is 1. The fourth-order valence-electron chi connectivity index (χ4n) is 3.79. The Kier molecular flexibility index (Phi) is 5.27. The summed E-state index contributed by atoms with van der Waals surface area (Å²) in [4.78, 5) is 44.6. The van der Waals surface area contributed by atoms with Crippen molar-refractivity contribution in [1.82, 2.24) is 15.1 Å². The molecule has 152 valence electrons. The largest absolute Gasteiger partial charge is 0.336 e. The average Bonchev–Trinajstić information content (AvgIpc) is 3.35. The summed E-state index contributed by atoms with van der Waals surface area (Å²) < 4.78 is 0. The summed E-state index contributed by atoms with van der Waals surface area (Å²) in [5, 5.41) is 2.79. The van der Waals surface area contributed by atoms with Crippen molar-refractivity contribution in [3.05, 3.63) is 51.2 Å². The third kappa shape index (κ3) is 3.85. The molecule has 2 aliphatic rings. The van der Waals surface area contributed by atoms with E-state index in [2.05, 4.69) is 5.32 Å². The normalized spacial score (nSPS) is 16.9. The number of thiophene rings is 1. The van der Waals surface area contributed by atoms with Gasteiger partial charge in [-0.25, -0.2) is 4.79 Å². The third-order valence-electron chi connectivity index (χ3n) is 5.40. The molecular formula is C21H24N4O3S. The van der Waals surface area contributed by atoms with Crippen molar-refractivity contribution < 1.29 is 14.4 Å². The molecule has 4 amide bonds. The molecule has 2 saturated heterocycles. The van der Waals surface area contributed by atoms with Crippen LogP contribution in [0.25, 0.3) is 0 Å². The van der Waals surface area contributed by atoms with Gasteiger partial charge in [-0.15, -0.1) is 11.3 Å². The number of hydrogen-bond acceptors (Lipinski definition) is 4. The van der Waals surface area contributed by atoms with Crippen LogP contribution in [0.15, 0.2) is 30.3 Å². The van der Waals surface area contributed by atoms with Crippen LogP contribution < -0.4 is 10.2 Å². The first kappa shape index (κ1) is 19.4. The molecule has 2 aromatic rings. The highest BCUT2D eigenvalue weighted by Crippen LogP contribution is 2.24. The van der Waals surface area contributed by atoms with Gasteiger partial charge in [0, 0.05) is 55.4 Å². The molecule has 1 N–H and O–H groups in total. The molecule has 4 rings (SSSR count). The Morgan fingerprint density at radius 2 is 1.62 bits per heavy atom. The van der Waals surface area contributed by atoms with Crippen LogP contribution >= 0.6 is 11.3 Å². The van der Waals surface area contributed by atoms with E-state index in [1.165, 1.54) is 11.3 Å². The smallest absolute Gasteiger partial charge is 0.322 e. The van der Waals surface area contributed by atoms with Crippen LogP contribution in [0.2, 0.25) is 0 Å². The molecule has 2 aliphatic heterocycles. The number of rotatable bonds is 3. The van der Waals surface area contributed by atoms with Crippen molar-refractivity contribution in [2.24, 2.45) is 0 Å². The number of urea groups is 1. The maximum Gasteiger partial charge on any atom is 0.322 e. The van der Waals surface area contributed by atoms with Crippen LogP contribution in [-0.2, 0) is 0 Å². The maximum absolute atomic E-state index is 12.9. The van der Waals surface area contributed by atoms with E-state index in [-0.39, 0.29) is 17.8 Å². The lowest BCUT2D eigenvalue weighted by Crippen LogP contribution is -2.50. The minimum absolute atomic E-state index is 0.0374. The van der Waals surface area contributed by atoms with Crippen LogP contribution in [0.5, 0.6) is 0 Å². The van der Waals surface area contributed by atoms with Crippen molar-refractivity contribution in [1.29, 1.82) is 0 Å². The topological polar surface area (TPSA) is 73.0 Å². The number of aryl methyl sites for hydroxylation is 2. The van der Waals surface area contributed by atoms with Gasteiger partial charge in [-0.05, 0) is 49.7 Å². The molecule has 2 fully saturated rings. The van der Waals surface area contributed by atoms with Crippen molar-refractivity contribution >= 4 is 34.9 Å². The van der Waals surface area contributed by atoms with Crippen molar-refractivity contribution in [3.8, 4) is 0 Å². The van der Waals surface area contributed by atoms with Gasteiger partial charge in [0.15, 0.2) is 0 Å². The summed E-state index contributed by atoms with van der Waals surface area (Å²) in [5.74, 6) is 0.00359. The maximum atomic E-state index is 12.9. The van der Waals surface area contributed by atoms with E-state index in [0.717, 1.165) is 21.0 Å². The van der Waals surface area contributed by atoms with Crippen LogP contribution in [0.4, 0.5) is 10.5 Å². The Hall–Kier alpha value is -2.87. The molecule has 7 nitrogen and oxygen atoms in total. The van der Waals surface area contributed by atoms with E-state index < -0.39 is 0 Å². The van der Waals surface area contributed by atoms with Crippen molar-refractivity contribution in [2.45, 2.75) is 13.8 Å². The highest BCUT2D eigenvalue weighted by molar-refractivity contribution is 7.13. The Morgan fingerprint density at radius 3 is 2.17 bits per heavy atom. The lowest BCUT2D eigenvalue weighted by molar-refractivity contribution is 0.0538. The van der Waals surface area contributed by atoms with Crippen LogP contribution in [0.3, 0.4) is 0 Å². The molecule has 1 aromatic carbocycles. The van der Waals surface area contributed by atoms with E-state index in [4.69, 9.17) is 0 Å². The van der Waals surface area contributed by atoms with E-state index in [1.54, 1.807) is 15.9 Å². The number of nitrogens with zero attached hydrogens (tertiary/aromatic N) is 3. The summed E-state index contributed by atoms with van der Waals surface area (Å²) in [6.07, 6.45) is 0. The van der Waals surface area contributed by atoms with Gasteiger partial charge >= 0.3 is 6.03 Å². The van der Waals surface area contributed by atoms with Crippen molar-refractivity contribution in [3.63, 3.8) is 0 Å². The van der Waals surface area contributed by atoms with E-state index >= 15 is 0 Å². The summed E-state index contributed by atoms with van der Waals surface area (Å²) in [6.45, 7) is 7.27. The second kappa shape index (κ2) is 7.87. The molecular weight excluding hydrogens is 388 g/mol. The number of nitrogens with one attached hydrogen (secondary N) is 1. The number of piperazine rings is 1. The molecule has 1 aromatic heterocycles. The lowest BCUT2D eigenvalue weighted by atomic mass is 10.1. The standard InChI is InChI=1S/C21H24N4O3S/c1-14-13-16(4-5-17(14)25-8-7-22-21(25)28)19(26)23-9-11-24(12-10-23)20(27)18-6-3-15(2)29-18/h3-6,13H,7-12H2,1-2H3,(H,22,28). The van der Waals surface area contributed by atoms with Crippen LogP contribution in [0, 0.1) is 13.8 Å². The molecule has 8 heteroatoms. The van der Waals surface area contributed by atoms with Gasteiger partial charge in [0.1, 0.15) is 0 Å². The number of benzene rings is 1. The highest BCUT2D eigenvalue weighted by atomic mass is 32.1. The molecule has 3 heterocycles. The molecule has 29 heavy (non-hydrogen) atoms. The SMILES string of the molecule is Cc1ccc(C(=O)N2CCN(C(=O)c3ccc(N4CCNC4=O)c(C)c3)CC2)s1. The Morgan fingerprint density at radius 1 is 0.931 bits per heavy atom. The Labute approximate surface area is 173 Å². The lowest BCUT2D eigenvalue weighted by Gasteiger charge is -2.34. The molecule has 0 saturated carbocycles. The van der Waals surface area contributed by atoms with Gasteiger partial charge in [-0.3, -0.25) is 14.5 Å². The first-order valence-corrected chi connectivity index (χ1v) is 10.6. The van der Waals surface area contributed by atoms with Gasteiger partial charge in [-0.2, -0.15) is 0 Å². The van der Waals surface area contributed by atoms with Gasteiger partial charge in [-0.1, -0.05) is 0 Å². The average molecular weight is 413 g/mol. The predicted molar refractivity (Wildman–Crippen MR) is 113 cm³/mol. The molecule has 0 aliphatic carbocycles. The Balaban J connectivity index is 1.40. The van der Waals surface area contributed by atoms with Gasteiger partial charge in [0.05, 0.1) is 4.88 Å². The predicted octanol–water partition coefficient (Wildman–Crippen LogP) is 2.49. The molecule has 0 atom stereocenters. The van der Waals surface area contributed by atoms with E-state index in [1.807, 2.05) is 43.0 Å². The van der Waals surface area contributed by atoms with E-state index in [9.17, 15) is 14.4 Å². The second-order valence-electron chi connectivity index (χ2n) is 7.38. The Bertz CT molecular complexity index is 963. The van der Waals surface area contributed by atoms with Crippen molar-refractivity contribution in [2.75, 3.05) is 44.2 Å². The van der Waals surface area contributed by atoms with Crippen LogP contribution in [-0.4, -0.2) is 66.9 Å². The quantitative estimate of drug-likeness (QED) is 0.842. The number of carbonyl (C=O) groups is 3.